The van der Waals surface area contributed by atoms with Gasteiger partial charge in [0.15, 0.2) is 5.78 Å². The number of anilines is 3. The first-order valence-electron chi connectivity index (χ1n) is 12.4. The van der Waals surface area contributed by atoms with Gasteiger partial charge in [0, 0.05) is 49.6 Å². The molecule has 1 amide bonds. The summed E-state index contributed by atoms with van der Waals surface area (Å²) in [5.41, 5.74) is 4.54. The van der Waals surface area contributed by atoms with E-state index in [0.29, 0.717) is 32.6 Å². The molecule has 1 N–H and O–H groups in total. The fraction of sp³-hybridized carbons (Fsp3) is 0.429. The molecule has 1 saturated heterocycles. The quantitative estimate of drug-likeness (QED) is 0.710. The molecule has 0 radical (unpaired) electrons. The van der Waals surface area contributed by atoms with E-state index >= 15 is 0 Å². The molecule has 5 rings (SSSR count). The Kier molecular flexibility index (Phi) is 6.03. The molecular formula is C28H33FN4O2. The summed E-state index contributed by atoms with van der Waals surface area (Å²) in [6.07, 6.45) is 1.32. The first-order valence-corrected chi connectivity index (χ1v) is 12.4. The Morgan fingerprint density at radius 1 is 1.03 bits per heavy atom. The van der Waals surface area contributed by atoms with E-state index in [-0.39, 0.29) is 35.5 Å². The highest BCUT2D eigenvalue weighted by molar-refractivity contribution is 6.01. The Morgan fingerprint density at radius 3 is 2.43 bits per heavy atom. The van der Waals surface area contributed by atoms with Crippen molar-refractivity contribution in [2.45, 2.75) is 39.7 Å². The zero-order valence-corrected chi connectivity index (χ0v) is 20.7. The lowest BCUT2D eigenvalue weighted by Crippen LogP contribution is -2.52. The topological polar surface area (TPSA) is 55.9 Å². The van der Waals surface area contributed by atoms with Gasteiger partial charge in [-0.05, 0) is 55.2 Å². The lowest BCUT2D eigenvalue weighted by molar-refractivity contribution is -0.130. The van der Waals surface area contributed by atoms with Crippen molar-refractivity contribution in [1.82, 2.24) is 4.90 Å². The van der Waals surface area contributed by atoms with Crippen LogP contribution in [0, 0.1) is 11.2 Å². The van der Waals surface area contributed by atoms with Gasteiger partial charge < -0.3 is 20.0 Å². The fourth-order valence-corrected chi connectivity index (χ4v) is 5.62. The van der Waals surface area contributed by atoms with Crippen LogP contribution in [0.3, 0.4) is 0 Å². The molecule has 0 aromatic heterocycles. The number of nitrogens with zero attached hydrogens (tertiary/aromatic N) is 3. The van der Waals surface area contributed by atoms with Crippen molar-refractivity contribution in [2.24, 2.45) is 5.41 Å². The summed E-state index contributed by atoms with van der Waals surface area (Å²) in [4.78, 5) is 32.8. The summed E-state index contributed by atoms with van der Waals surface area (Å²) in [6, 6.07) is 14.3. The van der Waals surface area contributed by atoms with Crippen molar-refractivity contribution in [3.05, 3.63) is 65.6 Å². The molecule has 6 nitrogen and oxygen atoms in total. The van der Waals surface area contributed by atoms with Crippen LogP contribution in [0.4, 0.5) is 21.5 Å². The molecule has 0 bridgehead atoms. The van der Waals surface area contributed by atoms with Crippen molar-refractivity contribution < 1.29 is 14.0 Å². The van der Waals surface area contributed by atoms with Crippen LogP contribution in [0.25, 0.3) is 0 Å². The number of carbonyl (C=O) groups excluding carboxylic acids is 2. The van der Waals surface area contributed by atoms with Crippen molar-refractivity contribution in [3.8, 4) is 0 Å². The monoisotopic (exact) mass is 476 g/mol. The van der Waals surface area contributed by atoms with Crippen LogP contribution in [0.2, 0.25) is 0 Å². The minimum absolute atomic E-state index is 0.0537. The third kappa shape index (κ3) is 4.64. The predicted octanol–water partition coefficient (Wildman–Crippen LogP) is 4.44. The highest BCUT2D eigenvalue weighted by Gasteiger charge is 2.39. The van der Waals surface area contributed by atoms with Gasteiger partial charge in [0.1, 0.15) is 5.82 Å². The minimum atomic E-state index is -0.248. The second-order valence-electron chi connectivity index (χ2n) is 10.6. The fourth-order valence-electron chi connectivity index (χ4n) is 5.62. The number of halogens is 1. The maximum absolute atomic E-state index is 13.5. The number of carbonyl (C=O) groups is 2. The van der Waals surface area contributed by atoms with Crippen molar-refractivity contribution >= 4 is 28.8 Å². The van der Waals surface area contributed by atoms with Crippen LogP contribution in [0.15, 0.2) is 59.8 Å². The first kappa shape index (κ1) is 23.4. The van der Waals surface area contributed by atoms with Gasteiger partial charge in [-0.3, -0.25) is 9.59 Å². The van der Waals surface area contributed by atoms with Crippen LogP contribution in [0.5, 0.6) is 0 Å². The molecule has 0 spiro atoms. The number of allylic oxidation sites excluding steroid dienone is 1. The third-order valence-electron chi connectivity index (χ3n) is 7.43. The SMILES string of the molecule is CC1C2=C(CC(C)(C)CC2=O)Nc2ccccc2N1CC(=O)N1CCN(c2ccc(F)cc2)CC1. The van der Waals surface area contributed by atoms with Crippen molar-refractivity contribution in [3.63, 3.8) is 0 Å². The van der Waals surface area contributed by atoms with Gasteiger partial charge in [-0.1, -0.05) is 26.0 Å². The molecule has 1 unspecified atom stereocenters. The number of amides is 1. The second-order valence-corrected chi connectivity index (χ2v) is 10.6. The molecule has 3 aliphatic rings. The van der Waals surface area contributed by atoms with E-state index in [1.54, 1.807) is 12.1 Å². The average Bonchev–Trinajstić information content (AvgIpc) is 2.93. The number of rotatable bonds is 3. The molecule has 35 heavy (non-hydrogen) atoms. The van der Waals surface area contributed by atoms with Crippen LogP contribution in [-0.4, -0.2) is 55.4 Å². The number of fused-ring (bicyclic) bond motifs is 1. The highest BCUT2D eigenvalue weighted by Crippen LogP contribution is 2.43. The third-order valence-corrected chi connectivity index (χ3v) is 7.43. The Balaban J connectivity index is 1.34. The average molecular weight is 477 g/mol. The van der Waals surface area contributed by atoms with Gasteiger partial charge in [-0.2, -0.15) is 0 Å². The van der Waals surface area contributed by atoms with Crippen LogP contribution >= 0.6 is 0 Å². The van der Waals surface area contributed by atoms with E-state index < -0.39 is 0 Å². The Labute approximate surface area is 206 Å². The molecule has 2 aromatic carbocycles. The Hall–Kier alpha value is -3.35. The van der Waals surface area contributed by atoms with Crippen molar-refractivity contribution in [1.29, 1.82) is 0 Å². The lowest BCUT2D eigenvalue weighted by Gasteiger charge is -2.39. The molecule has 2 aliphatic heterocycles. The maximum atomic E-state index is 13.5. The van der Waals surface area contributed by atoms with E-state index in [0.717, 1.165) is 34.8 Å². The van der Waals surface area contributed by atoms with E-state index in [9.17, 15) is 14.0 Å². The first-order chi connectivity index (χ1) is 16.7. The van der Waals surface area contributed by atoms with Gasteiger partial charge >= 0.3 is 0 Å². The summed E-state index contributed by atoms with van der Waals surface area (Å²) in [5, 5.41) is 3.55. The normalized spacial score (nSPS) is 21.8. The molecule has 2 heterocycles. The summed E-state index contributed by atoms with van der Waals surface area (Å²) < 4.78 is 13.3. The predicted molar refractivity (Wildman–Crippen MR) is 137 cm³/mol. The molecule has 184 valence electrons. The standard InChI is InChI=1S/C28H33FN4O2/c1-19-27-23(16-28(2,3)17-25(27)34)30-22-6-4-5-7-24(22)33(19)18-26(35)32-14-12-31(13-15-32)21-10-8-20(29)9-11-21/h4-11,19,30H,12-18H2,1-3H3. The zero-order valence-electron chi connectivity index (χ0n) is 20.7. The number of piperazine rings is 1. The summed E-state index contributed by atoms with van der Waals surface area (Å²) in [5.74, 6) is -0.0327. The van der Waals surface area contributed by atoms with Gasteiger partial charge in [0.2, 0.25) is 5.91 Å². The number of Topliss-reactive ketones (excluding diaryl/α,β-unsaturated/α-hetero) is 1. The van der Waals surface area contributed by atoms with E-state index in [1.165, 1.54) is 12.1 Å². The van der Waals surface area contributed by atoms with Gasteiger partial charge in [0.05, 0.1) is 24.0 Å². The van der Waals surface area contributed by atoms with Crippen LogP contribution in [-0.2, 0) is 9.59 Å². The van der Waals surface area contributed by atoms with E-state index in [1.807, 2.05) is 36.1 Å². The molecule has 0 saturated carbocycles. The van der Waals surface area contributed by atoms with Crippen LogP contribution < -0.4 is 15.1 Å². The number of para-hydroxylation sites is 2. The summed E-state index contributed by atoms with van der Waals surface area (Å²) >= 11 is 0. The van der Waals surface area contributed by atoms with Crippen LogP contribution in [0.1, 0.15) is 33.6 Å². The lowest BCUT2D eigenvalue weighted by atomic mass is 9.74. The molecule has 7 heteroatoms. The van der Waals surface area contributed by atoms with Gasteiger partial charge in [-0.25, -0.2) is 4.39 Å². The molecular weight excluding hydrogens is 443 g/mol. The summed E-state index contributed by atoms with van der Waals surface area (Å²) in [7, 11) is 0. The van der Waals surface area contributed by atoms with Gasteiger partial charge in [0.25, 0.3) is 0 Å². The number of ketones is 1. The highest BCUT2D eigenvalue weighted by atomic mass is 19.1. The van der Waals surface area contributed by atoms with Gasteiger partial charge in [-0.15, -0.1) is 0 Å². The zero-order chi connectivity index (χ0) is 24.7. The molecule has 2 aromatic rings. The maximum Gasteiger partial charge on any atom is 0.242 e. The van der Waals surface area contributed by atoms with Crippen molar-refractivity contribution in [2.75, 3.05) is 47.8 Å². The smallest absolute Gasteiger partial charge is 0.242 e. The minimum Gasteiger partial charge on any atom is -0.368 e. The summed E-state index contributed by atoms with van der Waals surface area (Å²) in [6.45, 7) is 9.13. The van der Waals surface area contributed by atoms with E-state index in [4.69, 9.17) is 0 Å². The molecule has 1 aliphatic carbocycles. The molecule has 1 fully saturated rings. The number of hydrogen-bond acceptors (Lipinski definition) is 5. The number of nitrogens with one attached hydrogen (secondary N) is 1. The second kappa shape index (κ2) is 9.02. The molecule has 1 atom stereocenters. The van der Waals surface area contributed by atoms with E-state index in [2.05, 4.69) is 29.0 Å². The Bertz CT molecular complexity index is 1170. The number of hydrogen-bond donors (Lipinski definition) is 1. The Morgan fingerprint density at radius 2 is 1.71 bits per heavy atom. The number of benzene rings is 2. The largest absolute Gasteiger partial charge is 0.368 e.